The van der Waals surface area contributed by atoms with Gasteiger partial charge in [-0.25, -0.2) is 14.4 Å². The van der Waals surface area contributed by atoms with Crippen LogP contribution in [0.15, 0.2) is 0 Å². The third-order valence-corrected chi connectivity index (χ3v) is 0. The van der Waals surface area contributed by atoms with E-state index < -0.39 is 24.6 Å². The van der Waals surface area contributed by atoms with Gasteiger partial charge in [0.1, 0.15) is 0 Å². The maximum atomic E-state index is 8.56. The molecule has 7 N–H and O–H groups in total. The van der Waals surface area contributed by atoms with Gasteiger partial charge in [-0.1, -0.05) is 0 Å². The first-order chi connectivity index (χ1) is 6.93. The molecule has 1 unspecified atom stereocenters. The molecule has 0 saturated heterocycles. The summed E-state index contributed by atoms with van der Waals surface area (Å²) in [4.78, 5) is 34.1. The van der Waals surface area contributed by atoms with Gasteiger partial charge in [-0.2, -0.15) is 0 Å². The van der Waals surface area contributed by atoms with E-state index in [-0.39, 0.29) is 47.5 Å². The zero-order valence-electron chi connectivity index (χ0n) is 8.88. The quantitative estimate of drug-likeness (QED) is 0.205. The summed E-state index contributed by atoms with van der Waals surface area (Å²) in [6, 6.07) is 0. The van der Waals surface area contributed by atoms with Crippen molar-refractivity contribution in [3.63, 3.8) is 0 Å². The Labute approximate surface area is 132 Å². The number of hydrogen-bond donors (Lipinski definition) is 7. The van der Waals surface area contributed by atoms with Crippen molar-refractivity contribution in [1.82, 2.24) is 0 Å². The van der Waals surface area contributed by atoms with E-state index >= 15 is 0 Å². The van der Waals surface area contributed by atoms with Crippen molar-refractivity contribution in [2.75, 3.05) is 0 Å². The molecule has 104 valence electrons. The Balaban J connectivity index is -0.0000000257. The van der Waals surface area contributed by atoms with Crippen molar-refractivity contribution in [2.24, 2.45) is 0 Å². The number of rotatable bonds is 0. The molecule has 0 aromatic carbocycles. The number of carbonyl (C=O) groups is 4. The summed E-state index contributed by atoms with van der Waals surface area (Å²) in [5, 5.41) is 57.1. The summed E-state index contributed by atoms with van der Waals surface area (Å²) in [6.07, 6.45) is -7.58. The van der Waals surface area contributed by atoms with Crippen molar-refractivity contribution < 1.29 is 89.6 Å². The average Bonchev–Trinajstić information content (AvgIpc) is 1.76. The first-order valence-electron chi connectivity index (χ1n) is 2.59. The van der Waals surface area contributed by atoms with Crippen LogP contribution in [0.25, 0.3) is 0 Å². The molecule has 0 rings (SSSR count). The van der Waals surface area contributed by atoms with Gasteiger partial charge < -0.3 is 45.6 Å². The van der Waals surface area contributed by atoms with E-state index in [0.29, 0.717) is 0 Å². The van der Waals surface area contributed by atoms with Gasteiger partial charge in [0, 0.05) is 0 Å². The van der Waals surface area contributed by atoms with E-state index in [2.05, 4.69) is 0 Å². The SMILES string of the molecule is O=C(O)O.O=C(O)O.O=C(O)O.O=C([O-])O.[AsH3].[Na+]. The Kier molecular flexibility index (Phi) is 59.1. The second-order valence-corrected chi connectivity index (χ2v) is 1.11. The molecule has 0 aliphatic carbocycles. The minimum Gasteiger partial charge on any atom is 1.00 e. The van der Waals surface area contributed by atoms with Crippen LogP contribution >= 0.6 is 0 Å². The molecular weight excluding hydrogens is 338 g/mol. The molecular formula is C4H10AsNaO12. The Morgan fingerprint density at radius 1 is 0.611 bits per heavy atom. The van der Waals surface area contributed by atoms with Crippen LogP contribution in [0.2, 0.25) is 0 Å². The third-order valence-electron chi connectivity index (χ3n) is 0. The number of carboxylic acid groups (broad SMARTS) is 8. The predicted octanol–water partition coefficient (Wildman–Crippen LogP) is -4.62. The van der Waals surface area contributed by atoms with Gasteiger partial charge in [0.05, 0.1) is 0 Å². The van der Waals surface area contributed by atoms with Crippen LogP contribution in [0.1, 0.15) is 0 Å². The molecule has 0 heterocycles. The summed E-state index contributed by atoms with van der Waals surface area (Å²) in [5.74, 6) is 0. The zero-order chi connectivity index (χ0) is 14.3. The topological polar surface area (TPSA) is 233 Å². The summed E-state index contributed by atoms with van der Waals surface area (Å²) < 4.78 is 0. The Bertz CT molecular complexity index is 164. The molecule has 0 aromatic rings. The van der Waals surface area contributed by atoms with E-state index in [0.717, 1.165) is 0 Å². The molecule has 0 saturated carbocycles. The van der Waals surface area contributed by atoms with Crippen molar-refractivity contribution in [3.05, 3.63) is 0 Å². The molecule has 0 aliphatic rings. The molecule has 0 aromatic heterocycles. The van der Waals surface area contributed by atoms with Crippen molar-refractivity contribution in [2.45, 2.75) is 0 Å². The van der Waals surface area contributed by atoms with E-state index in [1.54, 1.807) is 0 Å². The van der Waals surface area contributed by atoms with Crippen LogP contribution in [0.4, 0.5) is 19.2 Å². The van der Waals surface area contributed by atoms with Crippen LogP contribution in [0.5, 0.6) is 0 Å². The Morgan fingerprint density at radius 3 is 0.611 bits per heavy atom. The van der Waals surface area contributed by atoms with Gasteiger partial charge in [0.2, 0.25) is 6.16 Å². The van der Waals surface area contributed by atoms with Crippen molar-refractivity contribution >= 4 is 42.6 Å². The van der Waals surface area contributed by atoms with Gasteiger partial charge in [0.25, 0.3) is 0 Å². The van der Waals surface area contributed by atoms with Gasteiger partial charge in [-0.3, -0.25) is 0 Å². The summed E-state index contributed by atoms with van der Waals surface area (Å²) >= 11 is 0. The molecule has 0 aliphatic heterocycles. The van der Waals surface area contributed by atoms with Gasteiger partial charge in [0.15, 0.2) is 0 Å². The first-order valence-corrected chi connectivity index (χ1v) is 2.59. The average molecular weight is 348 g/mol. The molecule has 1 atom stereocenters. The van der Waals surface area contributed by atoms with Crippen LogP contribution in [0.3, 0.4) is 0 Å². The van der Waals surface area contributed by atoms with Crippen LogP contribution < -0.4 is 34.7 Å². The first kappa shape index (κ1) is 36.0. The smallest absolute Gasteiger partial charge is 1.00 e. The largest absolute Gasteiger partial charge is 1.00 e. The van der Waals surface area contributed by atoms with E-state index in [1.165, 1.54) is 0 Å². The zero-order valence-corrected chi connectivity index (χ0v) is 13.8. The van der Waals surface area contributed by atoms with Gasteiger partial charge >= 0.3 is 66.0 Å². The summed E-state index contributed by atoms with van der Waals surface area (Å²) in [6.45, 7) is 0. The van der Waals surface area contributed by atoms with Crippen LogP contribution in [-0.2, 0) is 0 Å². The fraction of sp³-hybridized carbons (Fsp3) is 0. The Morgan fingerprint density at radius 2 is 0.611 bits per heavy atom. The fourth-order valence-electron chi connectivity index (χ4n) is 0. The molecule has 12 nitrogen and oxygen atoms in total. The van der Waals surface area contributed by atoms with E-state index in [1.807, 2.05) is 0 Å². The molecule has 0 bridgehead atoms. The monoisotopic (exact) mass is 348 g/mol. The van der Waals surface area contributed by atoms with Crippen molar-refractivity contribution in [3.8, 4) is 0 Å². The predicted molar refractivity (Wildman–Crippen MR) is 49.9 cm³/mol. The van der Waals surface area contributed by atoms with E-state index in [9.17, 15) is 0 Å². The molecule has 0 spiro atoms. The number of hydrogen-bond acceptors (Lipinski definition) is 5. The second-order valence-electron chi connectivity index (χ2n) is 1.11. The van der Waals surface area contributed by atoms with Crippen LogP contribution in [0, 0.1) is 0 Å². The fourth-order valence-corrected chi connectivity index (χ4v) is 0. The molecule has 0 radical (unpaired) electrons. The van der Waals surface area contributed by atoms with Crippen LogP contribution in [-0.4, -0.2) is 78.3 Å². The summed E-state index contributed by atoms with van der Waals surface area (Å²) in [7, 11) is 0. The van der Waals surface area contributed by atoms with Crippen molar-refractivity contribution in [1.29, 1.82) is 0 Å². The summed E-state index contributed by atoms with van der Waals surface area (Å²) in [5.41, 5.74) is 0. The maximum Gasteiger partial charge on any atom is 1.00 e. The Hall–Kier alpha value is -1.36. The normalized spacial score (nSPS) is 5.33. The molecule has 18 heavy (non-hydrogen) atoms. The second kappa shape index (κ2) is 29.6. The van der Waals surface area contributed by atoms with E-state index in [4.69, 9.17) is 60.0 Å². The maximum absolute atomic E-state index is 8.56. The van der Waals surface area contributed by atoms with Gasteiger partial charge in [-0.05, 0) is 0 Å². The molecule has 0 amide bonds. The third kappa shape index (κ3) is 1470. The minimum absolute atomic E-state index is 0. The minimum atomic E-state index is -2.08. The standard InChI is InChI=1S/4CH2O3.AsH3.Na/c4*2-1(3)4;;/h4*(H2,2,3,4);1H3;/q;;;;;+1/p-1. The molecule has 14 heteroatoms. The van der Waals surface area contributed by atoms with Gasteiger partial charge in [-0.15, -0.1) is 0 Å². The molecule has 0 fully saturated rings.